The Morgan fingerprint density at radius 1 is 1.03 bits per heavy atom. The third-order valence-electron chi connectivity index (χ3n) is 5.37. The molecule has 3 aromatic heterocycles. The lowest BCUT2D eigenvalue weighted by molar-refractivity contribution is 0.122. The summed E-state index contributed by atoms with van der Waals surface area (Å²) < 4.78 is 11.4. The molecule has 1 N–H and O–H groups in total. The number of anilines is 1. The van der Waals surface area contributed by atoms with Crippen LogP contribution in [0.15, 0.2) is 71.2 Å². The second kappa shape index (κ2) is 10.2. The Labute approximate surface area is 191 Å². The maximum Gasteiger partial charge on any atom is 0.318 e. The maximum atomic E-state index is 5.89. The first-order chi connectivity index (χ1) is 16.3. The quantitative estimate of drug-likeness (QED) is 0.412. The van der Waals surface area contributed by atoms with Crippen LogP contribution >= 0.6 is 0 Å². The number of para-hydroxylation sites is 1. The molecule has 0 atom stereocenters. The lowest BCUT2D eigenvalue weighted by Crippen LogP contribution is -2.37. The number of nitrogens with zero attached hydrogens (tertiary/aromatic N) is 6. The number of H-pyrrole nitrogens is 1. The molecule has 0 saturated carbocycles. The molecule has 168 valence electrons. The number of morpholine rings is 1. The van der Waals surface area contributed by atoms with Crippen molar-refractivity contribution < 1.29 is 9.47 Å². The number of azo groups is 1. The highest BCUT2D eigenvalue weighted by atomic mass is 16.5. The van der Waals surface area contributed by atoms with Gasteiger partial charge in [-0.15, -0.1) is 0 Å². The summed E-state index contributed by atoms with van der Waals surface area (Å²) in [5.41, 5.74) is 3.56. The molecule has 1 aliphatic heterocycles. The predicted molar refractivity (Wildman–Crippen MR) is 125 cm³/mol. The first kappa shape index (κ1) is 21.0. The zero-order valence-electron chi connectivity index (χ0n) is 18.2. The molecule has 0 bridgehead atoms. The fraction of sp³-hybridized carbons (Fsp3) is 0.292. The first-order valence-corrected chi connectivity index (χ1v) is 11.0. The Kier molecular flexibility index (Phi) is 6.48. The predicted octanol–water partition coefficient (Wildman–Crippen LogP) is 4.09. The van der Waals surface area contributed by atoms with Crippen molar-refractivity contribution >= 4 is 22.4 Å². The molecule has 0 unspecified atom stereocenters. The van der Waals surface area contributed by atoms with Gasteiger partial charge in [-0.3, -0.25) is 4.98 Å². The van der Waals surface area contributed by atoms with Gasteiger partial charge in [0.1, 0.15) is 18.1 Å². The molecule has 0 spiro atoms. The van der Waals surface area contributed by atoms with Crippen LogP contribution in [0.25, 0.3) is 10.9 Å². The molecule has 4 aromatic rings. The van der Waals surface area contributed by atoms with Crippen LogP contribution in [0, 0.1) is 0 Å². The van der Waals surface area contributed by atoms with Crippen LogP contribution in [0.2, 0.25) is 0 Å². The normalized spacial score (nSPS) is 14.2. The van der Waals surface area contributed by atoms with Gasteiger partial charge in [-0.05, 0) is 18.2 Å². The molecule has 9 heteroatoms. The van der Waals surface area contributed by atoms with Crippen molar-refractivity contribution in [3.63, 3.8) is 0 Å². The van der Waals surface area contributed by atoms with E-state index in [1.807, 2.05) is 54.7 Å². The van der Waals surface area contributed by atoms with E-state index in [0.717, 1.165) is 46.9 Å². The van der Waals surface area contributed by atoms with Crippen molar-refractivity contribution in [1.29, 1.82) is 0 Å². The van der Waals surface area contributed by atoms with Crippen LogP contribution in [0.1, 0.15) is 11.4 Å². The van der Waals surface area contributed by atoms with E-state index < -0.39 is 0 Å². The summed E-state index contributed by atoms with van der Waals surface area (Å²) in [7, 11) is 0. The summed E-state index contributed by atoms with van der Waals surface area (Å²) in [6.07, 6.45) is 4.32. The maximum absolute atomic E-state index is 5.89. The number of benzene rings is 1. The minimum absolute atomic E-state index is 0.329. The number of ether oxygens (including phenoxy) is 2. The van der Waals surface area contributed by atoms with Crippen molar-refractivity contribution in [3.8, 4) is 6.01 Å². The number of fused-ring (bicyclic) bond motifs is 1. The summed E-state index contributed by atoms with van der Waals surface area (Å²) in [6.45, 7) is 3.68. The van der Waals surface area contributed by atoms with Gasteiger partial charge in [-0.25, -0.2) is 0 Å². The fourth-order valence-electron chi connectivity index (χ4n) is 3.68. The van der Waals surface area contributed by atoms with Gasteiger partial charge >= 0.3 is 6.01 Å². The summed E-state index contributed by atoms with van der Waals surface area (Å²) in [6, 6.07) is 16.1. The molecule has 1 aliphatic rings. The number of pyridine rings is 1. The van der Waals surface area contributed by atoms with E-state index in [9.17, 15) is 0 Å². The lowest BCUT2D eigenvalue weighted by atomic mass is 10.2. The molecular weight excluding hydrogens is 418 g/mol. The molecule has 33 heavy (non-hydrogen) atoms. The molecule has 1 aromatic carbocycles. The lowest BCUT2D eigenvalue weighted by Gasteiger charge is -2.28. The zero-order valence-corrected chi connectivity index (χ0v) is 18.2. The molecule has 9 nitrogen and oxygen atoms in total. The minimum Gasteiger partial charge on any atom is -0.463 e. The fourth-order valence-corrected chi connectivity index (χ4v) is 3.68. The largest absolute Gasteiger partial charge is 0.463 e. The van der Waals surface area contributed by atoms with E-state index in [1.165, 1.54) is 0 Å². The molecule has 1 saturated heterocycles. The Balaban J connectivity index is 1.31. The highest BCUT2D eigenvalue weighted by Gasteiger charge is 2.16. The van der Waals surface area contributed by atoms with Crippen molar-refractivity contribution in [1.82, 2.24) is 19.9 Å². The van der Waals surface area contributed by atoms with Crippen molar-refractivity contribution in [2.75, 3.05) is 37.8 Å². The van der Waals surface area contributed by atoms with Gasteiger partial charge in [-0.2, -0.15) is 20.2 Å². The van der Waals surface area contributed by atoms with Crippen LogP contribution in [-0.4, -0.2) is 52.8 Å². The highest BCUT2D eigenvalue weighted by molar-refractivity contribution is 5.90. The smallest absolute Gasteiger partial charge is 0.318 e. The molecule has 1 fully saturated rings. The van der Waals surface area contributed by atoms with Crippen LogP contribution < -0.4 is 9.64 Å². The Hall–Kier alpha value is -3.85. The first-order valence-electron chi connectivity index (χ1n) is 11.0. The molecule has 4 heterocycles. The van der Waals surface area contributed by atoms with E-state index in [-0.39, 0.29) is 0 Å². The summed E-state index contributed by atoms with van der Waals surface area (Å²) in [5.74, 6) is 0.818. The molecule has 0 radical (unpaired) electrons. The van der Waals surface area contributed by atoms with Gasteiger partial charge in [0, 0.05) is 54.6 Å². The average Bonchev–Trinajstić information content (AvgIpc) is 3.28. The summed E-state index contributed by atoms with van der Waals surface area (Å²) in [4.78, 5) is 18.9. The van der Waals surface area contributed by atoms with E-state index in [4.69, 9.17) is 9.47 Å². The van der Waals surface area contributed by atoms with Gasteiger partial charge in [0.15, 0.2) is 0 Å². The van der Waals surface area contributed by atoms with Gasteiger partial charge < -0.3 is 19.4 Å². The number of hydrogen-bond acceptors (Lipinski definition) is 8. The van der Waals surface area contributed by atoms with Crippen LogP contribution in [-0.2, 0) is 17.7 Å². The second-order valence-corrected chi connectivity index (χ2v) is 7.64. The summed E-state index contributed by atoms with van der Waals surface area (Å²) in [5, 5.41) is 9.85. The van der Waals surface area contributed by atoms with Gasteiger partial charge in [-0.1, -0.05) is 24.3 Å². The van der Waals surface area contributed by atoms with E-state index in [2.05, 4.69) is 35.1 Å². The third-order valence-corrected chi connectivity index (χ3v) is 5.37. The Bertz CT molecular complexity index is 1220. The number of aromatic nitrogens is 4. The minimum atomic E-state index is 0.329. The van der Waals surface area contributed by atoms with Crippen LogP contribution in [0.5, 0.6) is 6.01 Å². The standard InChI is InChI=1S/C24H25N7O2/c1-2-7-21-20(6-1)22(17-26-21)30-27-16-19-15-23(31-10-13-32-14-11-31)29-24(28-19)33-12-8-18-5-3-4-9-25-18/h1-7,9,15,17,26H,8,10-14,16H2. The van der Waals surface area contributed by atoms with Gasteiger partial charge in [0.05, 0.1) is 25.5 Å². The Morgan fingerprint density at radius 2 is 1.91 bits per heavy atom. The van der Waals surface area contributed by atoms with E-state index in [0.29, 0.717) is 38.8 Å². The second-order valence-electron chi connectivity index (χ2n) is 7.64. The number of rotatable bonds is 8. The van der Waals surface area contributed by atoms with E-state index in [1.54, 1.807) is 6.20 Å². The molecule has 0 aliphatic carbocycles. The SMILES string of the molecule is c1ccc(CCOc2nc(CN=Nc3c[nH]c4ccccc34)cc(N3CCOCC3)n2)nc1. The molecular formula is C24H25N7O2. The van der Waals surface area contributed by atoms with Crippen LogP contribution in [0.3, 0.4) is 0 Å². The van der Waals surface area contributed by atoms with Crippen molar-refractivity contribution in [2.45, 2.75) is 13.0 Å². The van der Waals surface area contributed by atoms with E-state index >= 15 is 0 Å². The van der Waals surface area contributed by atoms with Gasteiger partial charge in [0.25, 0.3) is 0 Å². The topological polar surface area (TPSA) is 101 Å². The number of hydrogen-bond donors (Lipinski definition) is 1. The number of aromatic amines is 1. The highest BCUT2D eigenvalue weighted by Crippen LogP contribution is 2.26. The van der Waals surface area contributed by atoms with Crippen molar-refractivity contribution in [3.05, 3.63) is 72.3 Å². The third kappa shape index (κ3) is 5.32. The van der Waals surface area contributed by atoms with Crippen LogP contribution in [0.4, 0.5) is 11.5 Å². The monoisotopic (exact) mass is 443 g/mol. The van der Waals surface area contributed by atoms with Gasteiger partial charge in [0.2, 0.25) is 0 Å². The Morgan fingerprint density at radius 3 is 2.79 bits per heavy atom. The average molecular weight is 444 g/mol. The summed E-state index contributed by atoms with van der Waals surface area (Å²) >= 11 is 0. The zero-order chi connectivity index (χ0) is 22.3. The molecule has 5 rings (SSSR count). The molecule has 0 amide bonds. The van der Waals surface area contributed by atoms with Crippen molar-refractivity contribution in [2.24, 2.45) is 10.2 Å². The number of nitrogens with one attached hydrogen (secondary N) is 1.